The molecule has 0 spiro atoms. The van der Waals surface area contributed by atoms with E-state index < -0.39 is 0 Å². The van der Waals surface area contributed by atoms with Crippen molar-refractivity contribution < 1.29 is 23.2 Å². The number of carbonyl (C=O) groups excluding carboxylic acids is 1. The lowest BCUT2D eigenvalue weighted by Gasteiger charge is -2.10. The number of rotatable bonds is 7. The molecule has 0 aliphatic rings. The van der Waals surface area contributed by atoms with Crippen LogP contribution in [-0.2, 0) is 9.22 Å². The van der Waals surface area contributed by atoms with Gasteiger partial charge in [0.25, 0.3) is 5.91 Å². The highest BCUT2D eigenvalue weighted by molar-refractivity contribution is 7.94. The quantitative estimate of drug-likeness (QED) is 0.230. The lowest BCUT2D eigenvalue weighted by molar-refractivity contribution is -0.160. The van der Waals surface area contributed by atoms with Gasteiger partial charge in [0.2, 0.25) is 0 Å². The lowest BCUT2D eigenvalue weighted by Crippen LogP contribution is -2.13. The van der Waals surface area contributed by atoms with Crippen LogP contribution in [0.2, 0.25) is 0 Å². The van der Waals surface area contributed by atoms with Crippen molar-refractivity contribution in [2.75, 3.05) is 12.4 Å². The summed E-state index contributed by atoms with van der Waals surface area (Å²) in [5, 5.41) is 3.56. The van der Waals surface area contributed by atoms with Crippen molar-refractivity contribution in [3.8, 4) is 11.5 Å². The normalized spacial score (nSPS) is 10.9. The number of ether oxygens (including phenoxy) is 1. The van der Waals surface area contributed by atoms with Crippen LogP contribution < -0.4 is 10.1 Å². The second-order valence-electron chi connectivity index (χ2n) is 6.38. The first-order chi connectivity index (χ1) is 14.6. The summed E-state index contributed by atoms with van der Waals surface area (Å²) < 4.78 is 16.4. The van der Waals surface area contributed by atoms with Crippen molar-refractivity contribution in [3.63, 3.8) is 0 Å². The van der Waals surface area contributed by atoms with Crippen molar-refractivity contribution in [2.45, 2.75) is 11.8 Å². The number of pyridine rings is 1. The van der Waals surface area contributed by atoms with Crippen molar-refractivity contribution in [3.05, 3.63) is 78.2 Å². The van der Waals surface area contributed by atoms with Gasteiger partial charge in [0.1, 0.15) is 11.6 Å². The highest BCUT2D eigenvalue weighted by atomic mass is 32.2. The van der Waals surface area contributed by atoms with E-state index in [1.807, 2.05) is 25.1 Å². The molecule has 1 N–H and O–H groups in total. The molecule has 0 bridgehead atoms. The van der Waals surface area contributed by atoms with Crippen LogP contribution in [0.5, 0.6) is 11.5 Å². The highest BCUT2D eigenvalue weighted by Gasteiger charge is 2.15. The van der Waals surface area contributed by atoms with E-state index in [1.165, 1.54) is 7.11 Å². The van der Waals surface area contributed by atoms with E-state index >= 15 is 0 Å². The third kappa shape index (κ3) is 4.62. The largest absolute Gasteiger partial charge is 0.460 e. The number of nitrogens with one attached hydrogen (secondary N) is 1. The third-order valence-corrected chi connectivity index (χ3v) is 4.85. The van der Waals surface area contributed by atoms with E-state index in [-0.39, 0.29) is 5.91 Å². The van der Waals surface area contributed by atoms with Gasteiger partial charge in [-0.1, -0.05) is 6.07 Å². The van der Waals surface area contributed by atoms with Gasteiger partial charge in [0.05, 0.1) is 25.4 Å². The van der Waals surface area contributed by atoms with Crippen LogP contribution in [0, 0.1) is 6.92 Å². The number of nitrogens with zero attached hydrogens (tertiary/aromatic N) is 1. The molecule has 0 radical (unpaired) electrons. The molecule has 2 heterocycles. The maximum absolute atomic E-state index is 12.7. The Balaban J connectivity index is 1.58. The second-order valence-corrected chi connectivity index (χ2v) is 7.15. The Morgan fingerprint density at radius 1 is 1.10 bits per heavy atom. The Hall–Kier alpha value is -3.33. The van der Waals surface area contributed by atoms with E-state index in [0.29, 0.717) is 28.5 Å². The predicted octanol–water partition coefficient (Wildman–Crippen LogP) is 5.77. The smallest absolute Gasteiger partial charge is 0.256 e. The molecular formula is C22H18N2O5S. The van der Waals surface area contributed by atoms with Crippen molar-refractivity contribution in [1.82, 2.24) is 4.98 Å². The number of aromatic nitrogens is 1. The molecular weight excluding hydrogens is 404 g/mol. The molecule has 4 aromatic rings. The van der Waals surface area contributed by atoms with Gasteiger partial charge in [0.15, 0.2) is 11.3 Å². The summed E-state index contributed by atoms with van der Waals surface area (Å²) in [4.78, 5) is 22.4. The highest BCUT2D eigenvalue weighted by Crippen LogP contribution is 2.33. The Labute approximate surface area is 177 Å². The number of benzene rings is 2. The van der Waals surface area contributed by atoms with Gasteiger partial charge in [-0.3, -0.25) is 4.79 Å². The molecule has 0 aliphatic carbocycles. The van der Waals surface area contributed by atoms with Gasteiger partial charge in [0, 0.05) is 22.0 Å². The molecule has 152 valence electrons. The number of furan rings is 1. The van der Waals surface area contributed by atoms with Crippen LogP contribution >= 0.6 is 12.0 Å². The minimum Gasteiger partial charge on any atom is -0.460 e. The number of aryl methyl sites for hydroxylation is 1. The minimum atomic E-state index is -0.289. The molecule has 2 aromatic carbocycles. The number of fused-ring (bicyclic) bond motifs is 1. The summed E-state index contributed by atoms with van der Waals surface area (Å²) in [6, 6.07) is 16.1. The third-order valence-electron chi connectivity index (χ3n) is 4.18. The molecule has 0 unspecified atom stereocenters. The zero-order chi connectivity index (χ0) is 20.9. The van der Waals surface area contributed by atoms with Crippen molar-refractivity contribution >= 4 is 34.7 Å². The molecule has 0 saturated carbocycles. The van der Waals surface area contributed by atoms with Gasteiger partial charge >= 0.3 is 0 Å². The van der Waals surface area contributed by atoms with Gasteiger partial charge in [-0.2, -0.15) is 4.33 Å². The summed E-state index contributed by atoms with van der Waals surface area (Å²) in [6.45, 7) is 1.94. The number of amides is 1. The zero-order valence-corrected chi connectivity index (χ0v) is 17.1. The Kier molecular flexibility index (Phi) is 5.99. The molecule has 8 heteroatoms. The van der Waals surface area contributed by atoms with Crippen LogP contribution in [-0.4, -0.2) is 18.0 Å². The number of hydrogen-bond acceptors (Lipinski definition) is 7. The van der Waals surface area contributed by atoms with Crippen LogP contribution in [0.25, 0.3) is 11.0 Å². The predicted molar refractivity (Wildman–Crippen MR) is 114 cm³/mol. The van der Waals surface area contributed by atoms with Crippen molar-refractivity contribution in [1.29, 1.82) is 0 Å². The fourth-order valence-electron chi connectivity index (χ4n) is 2.75. The van der Waals surface area contributed by atoms with Crippen LogP contribution in [0.3, 0.4) is 0 Å². The summed E-state index contributed by atoms with van der Waals surface area (Å²) in [6.07, 6.45) is 3.26. The molecule has 0 saturated heterocycles. The Bertz CT molecular complexity index is 1160. The van der Waals surface area contributed by atoms with Crippen LogP contribution in [0.1, 0.15) is 15.9 Å². The molecule has 2 aromatic heterocycles. The van der Waals surface area contributed by atoms with E-state index in [9.17, 15) is 4.79 Å². The Morgan fingerprint density at radius 3 is 2.67 bits per heavy atom. The fraction of sp³-hybridized carbons (Fsp3) is 0.0909. The zero-order valence-electron chi connectivity index (χ0n) is 16.2. The topological polar surface area (TPSA) is 82.8 Å². The maximum atomic E-state index is 12.7. The summed E-state index contributed by atoms with van der Waals surface area (Å²) in [5.41, 5.74) is 2.00. The summed E-state index contributed by atoms with van der Waals surface area (Å²) in [5.74, 6) is 1.22. The van der Waals surface area contributed by atoms with Gasteiger partial charge in [-0.05, 0) is 61.0 Å². The Morgan fingerprint density at radius 2 is 1.93 bits per heavy atom. The maximum Gasteiger partial charge on any atom is 0.256 e. The fourth-order valence-corrected chi connectivity index (χ4v) is 3.14. The molecule has 7 nitrogen and oxygen atoms in total. The number of anilines is 1. The molecule has 0 fully saturated rings. The van der Waals surface area contributed by atoms with E-state index in [0.717, 1.165) is 27.9 Å². The first-order valence-electron chi connectivity index (χ1n) is 9.03. The van der Waals surface area contributed by atoms with E-state index in [4.69, 9.17) is 13.5 Å². The van der Waals surface area contributed by atoms with Gasteiger partial charge in [-0.15, -0.1) is 0 Å². The molecule has 30 heavy (non-hydrogen) atoms. The first kappa shape index (κ1) is 20.0. The summed E-state index contributed by atoms with van der Waals surface area (Å²) >= 11 is 1.09. The SMILES string of the molecule is COOSc1ccc(Oc2cc(C(=O)Nc3ccc(C)cn3)cc3ccoc23)cc1. The average molecular weight is 422 g/mol. The van der Waals surface area contributed by atoms with Gasteiger partial charge < -0.3 is 14.5 Å². The molecule has 0 aliphatic heterocycles. The number of hydrogen-bond donors (Lipinski definition) is 1. The molecule has 4 rings (SSSR count). The second kappa shape index (κ2) is 9.00. The van der Waals surface area contributed by atoms with E-state index in [1.54, 1.807) is 48.9 Å². The molecule has 0 atom stereocenters. The monoisotopic (exact) mass is 422 g/mol. The minimum absolute atomic E-state index is 0.289. The summed E-state index contributed by atoms with van der Waals surface area (Å²) in [7, 11) is 1.44. The average Bonchev–Trinajstić information content (AvgIpc) is 3.24. The van der Waals surface area contributed by atoms with Crippen LogP contribution in [0.4, 0.5) is 5.82 Å². The first-order valence-corrected chi connectivity index (χ1v) is 9.77. The molecule has 1 amide bonds. The van der Waals surface area contributed by atoms with Gasteiger partial charge in [-0.25, -0.2) is 9.87 Å². The lowest BCUT2D eigenvalue weighted by atomic mass is 10.1. The standard InChI is InChI=1S/C22H18N2O5S/c1-14-3-8-20(23-13-14)24-22(25)16-11-15-9-10-27-21(15)19(12-16)28-17-4-6-18(7-5-17)30-29-26-2/h3-13H,1-2H3,(H,23,24,25). The van der Waals surface area contributed by atoms with Crippen molar-refractivity contribution in [2.24, 2.45) is 0 Å². The van der Waals surface area contributed by atoms with E-state index in [2.05, 4.69) is 15.2 Å². The van der Waals surface area contributed by atoms with Crippen LogP contribution in [0.15, 0.2) is 76.4 Å². The number of carbonyl (C=O) groups is 1.